The number of hydrogen-bond donors (Lipinski definition) is 1. The lowest BCUT2D eigenvalue weighted by Gasteiger charge is -2.35. The molecular weight excluding hydrogens is 392 g/mol. The van der Waals surface area contributed by atoms with Crippen LogP contribution >= 0.6 is 0 Å². The number of amides is 3. The summed E-state index contributed by atoms with van der Waals surface area (Å²) in [4.78, 5) is 43.1. The average molecular weight is 421 g/mol. The monoisotopic (exact) mass is 420 g/mol. The SMILES string of the molecule is Cc1cc(NC(=O)CCCN2C(=O)c3ccccc3C2=O)ccc1N1CCN(C)CC1. The standard InChI is InChI=1S/C24H28N4O3/c1-17-16-18(9-10-21(17)27-14-12-26(2)13-15-27)25-22(29)8-5-11-28-23(30)19-6-3-4-7-20(19)24(28)31/h3-4,6-7,9-10,16H,5,8,11-15H2,1-2H3,(H,25,29). The second-order valence-corrected chi connectivity index (χ2v) is 8.25. The lowest BCUT2D eigenvalue weighted by Crippen LogP contribution is -2.44. The first kappa shape index (κ1) is 21.1. The molecule has 0 aliphatic carbocycles. The van der Waals surface area contributed by atoms with Crippen LogP contribution in [0.2, 0.25) is 0 Å². The number of nitrogens with one attached hydrogen (secondary N) is 1. The molecule has 2 aromatic rings. The van der Waals surface area contributed by atoms with E-state index in [0.717, 1.165) is 37.4 Å². The van der Waals surface area contributed by atoms with Crippen LogP contribution in [-0.4, -0.2) is 67.3 Å². The molecule has 162 valence electrons. The van der Waals surface area contributed by atoms with Gasteiger partial charge in [0.2, 0.25) is 5.91 Å². The molecule has 0 aromatic heterocycles. The van der Waals surface area contributed by atoms with Crippen LogP contribution in [-0.2, 0) is 4.79 Å². The summed E-state index contributed by atoms with van der Waals surface area (Å²) in [6.07, 6.45) is 0.669. The van der Waals surface area contributed by atoms with E-state index in [9.17, 15) is 14.4 Å². The van der Waals surface area contributed by atoms with Crippen molar-refractivity contribution >= 4 is 29.1 Å². The minimum absolute atomic E-state index is 0.122. The van der Waals surface area contributed by atoms with Gasteiger partial charge in [0.1, 0.15) is 0 Å². The number of carbonyl (C=O) groups is 3. The van der Waals surface area contributed by atoms with Crippen LogP contribution in [0.3, 0.4) is 0 Å². The third kappa shape index (κ3) is 4.46. The van der Waals surface area contributed by atoms with Gasteiger partial charge in [0.05, 0.1) is 11.1 Å². The molecule has 1 N–H and O–H groups in total. The topological polar surface area (TPSA) is 73.0 Å². The fraction of sp³-hybridized carbons (Fsp3) is 0.375. The molecule has 0 saturated carbocycles. The quantitative estimate of drug-likeness (QED) is 0.728. The Bertz CT molecular complexity index is 977. The maximum atomic E-state index is 12.4. The largest absolute Gasteiger partial charge is 0.369 e. The molecule has 2 aliphatic heterocycles. The predicted molar refractivity (Wildman–Crippen MR) is 121 cm³/mol. The number of benzene rings is 2. The fourth-order valence-electron chi connectivity index (χ4n) is 4.20. The smallest absolute Gasteiger partial charge is 0.261 e. The molecule has 0 bridgehead atoms. The first-order valence-corrected chi connectivity index (χ1v) is 10.7. The molecule has 3 amide bonds. The summed E-state index contributed by atoms with van der Waals surface area (Å²) >= 11 is 0. The van der Waals surface area contributed by atoms with Crippen molar-refractivity contribution in [2.75, 3.05) is 50.0 Å². The van der Waals surface area contributed by atoms with Crippen LogP contribution in [0.4, 0.5) is 11.4 Å². The molecule has 7 nitrogen and oxygen atoms in total. The third-order valence-electron chi connectivity index (χ3n) is 5.99. The predicted octanol–water partition coefficient (Wildman–Crippen LogP) is 2.76. The zero-order valence-electron chi connectivity index (χ0n) is 18.1. The first-order valence-electron chi connectivity index (χ1n) is 10.7. The van der Waals surface area contributed by atoms with Gasteiger partial charge in [-0.05, 0) is 56.3 Å². The second-order valence-electron chi connectivity index (χ2n) is 8.25. The second kappa shape index (κ2) is 8.89. The van der Waals surface area contributed by atoms with Crippen molar-refractivity contribution in [3.8, 4) is 0 Å². The molecule has 0 unspecified atom stereocenters. The molecule has 2 aliphatic rings. The Kier molecular flexibility index (Phi) is 6.04. The van der Waals surface area contributed by atoms with E-state index in [-0.39, 0.29) is 30.7 Å². The number of piperazine rings is 1. The lowest BCUT2D eigenvalue weighted by molar-refractivity contribution is -0.116. The van der Waals surface area contributed by atoms with Gasteiger partial charge in [-0.25, -0.2) is 0 Å². The number of carbonyl (C=O) groups excluding carboxylic acids is 3. The van der Waals surface area contributed by atoms with Crippen LogP contribution < -0.4 is 10.2 Å². The van der Waals surface area contributed by atoms with Crippen molar-refractivity contribution in [3.63, 3.8) is 0 Å². The highest BCUT2D eigenvalue weighted by atomic mass is 16.2. The van der Waals surface area contributed by atoms with Gasteiger partial charge in [0, 0.05) is 50.5 Å². The highest BCUT2D eigenvalue weighted by Crippen LogP contribution is 2.25. The number of anilines is 2. The summed E-state index contributed by atoms with van der Waals surface area (Å²) in [6.45, 7) is 6.39. The van der Waals surface area contributed by atoms with Gasteiger partial charge in [0.25, 0.3) is 11.8 Å². The van der Waals surface area contributed by atoms with E-state index in [1.807, 2.05) is 12.1 Å². The Morgan fingerprint density at radius 2 is 1.61 bits per heavy atom. The van der Waals surface area contributed by atoms with E-state index in [4.69, 9.17) is 0 Å². The van der Waals surface area contributed by atoms with Crippen LogP contribution in [0.25, 0.3) is 0 Å². The van der Waals surface area contributed by atoms with E-state index < -0.39 is 0 Å². The molecule has 1 saturated heterocycles. The first-order chi connectivity index (χ1) is 14.9. The van der Waals surface area contributed by atoms with Gasteiger partial charge in [0.15, 0.2) is 0 Å². The Morgan fingerprint density at radius 3 is 2.23 bits per heavy atom. The molecular formula is C24H28N4O3. The molecule has 31 heavy (non-hydrogen) atoms. The average Bonchev–Trinajstić information content (AvgIpc) is 3.00. The molecule has 0 radical (unpaired) electrons. The molecule has 1 fully saturated rings. The minimum atomic E-state index is -0.281. The Morgan fingerprint density at radius 1 is 0.968 bits per heavy atom. The number of aryl methyl sites for hydroxylation is 1. The van der Waals surface area contributed by atoms with Gasteiger partial charge >= 0.3 is 0 Å². The highest BCUT2D eigenvalue weighted by molar-refractivity contribution is 6.21. The Labute approximate surface area is 182 Å². The van der Waals surface area contributed by atoms with Crippen molar-refractivity contribution in [2.45, 2.75) is 19.8 Å². The number of fused-ring (bicyclic) bond motifs is 1. The number of rotatable bonds is 6. The zero-order valence-corrected chi connectivity index (χ0v) is 18.1. The maximum absolute atomic E-state index is 12.4. The molecule has 2 heterocycles. The summed E-state index contributed by atoms with van der Waals surface area (Å²) in [5.74, 6) is -0.685. The van der Waals surface area contributed by atoms with Gasteiger partial charge < -0.3 is 15.1 Å². The van der Waals surface area contributed by atoms with Crippen molar-refractivity contribution < 1.29 is 14.4 Å². The van der Waals surface area contributed by atoms with Gasteiger partial charge in [-0.1, -0.05) is 12.1 Å². The van der Waals surface area contributed by atoms with E-state index in [1.54, 1.807) is 24.3 Å². The van der Waals surface area contributed by atoms with Gasteiger partial charge in [-0.3, -0.25) is 19.3 Å². The number of likely N-dealkylation sites (N-methyl/N-ethyl adjacent to an activating group) is 1. The van der Waals surface area contributed by atoms with E-state index in [2.05, 4.69) is 35.2 Å². The van der Waals surface area contributed by atoms with Gasteiger partial charge in [-0.2, -0.15) is 0 Å². The van der Waals surface area contributed by atoms with Crippen LogP contribution in [0.15, 0.2) is 42.5 Å². The van der Waals surface area contributed by atoms with Crippen molar-refractivity contribution in [3.05, 3.63) is 59.2 Å². The maximum Gasteiger partial charge on any atom is 0.261 e. The van der Waals surface area contributed by atoms with E-state index in [0.29, 0.717) is 17.5 Å². The van der Waals surface area contributed by atoms with Crippen LogP contribution in [0.1, 0.15) is 39.1 Å². The molecule has 4 rings (SSSR count). The third-order valence-corrected chi connectivity index (χ3v) is 5.99. The summed E-state index contributed by atoms with van der Waals surface area (Å²) in [5.41, 5.74) is 3.98. The molecule has 7 heteroatoms. The van der Waals surface area contributed by atoms with E-state index >= 15 is 0 Å². The Hall–Kier alpha value is -3.19. The minimum Gasteiger partial charge on any atom is -0.369 e. The van der Waals surface area contributed by atoms with Crippen LogP contribution in [0.5, 0.6) is 0 Å². The van der Waals surface area contributed by atoms with Crippen molar-refractivity contribution in [1.29, 1.82) is 0 Å². The number of nitrogens with zero attached hydrogens (tertiary/aromatic N) is 3. The zero-order chi connectivity index (χ0) is 22.0. The van der Waals surface area contributed by atoms with Gasteiger partial charge in [-0.15, -0.1) is 0 Å². The summed E-state index contributed by atoms with van der Waals surface area (Å²) in [5, 5.41) is 2.93. The lowest BCUT2D eigenvalue weighted by atomic mass is 10.1. The molecule has 2 aromatic carbocycles. The molecule has 0 spiro atoms. The number of imide groups is 1. The van der Waals surface area contributed by atoms with E-state index in [1.165, 1.54) is 10.6 Å². The van der Waals surface area contributed by atoms with Crippen molar-refractivity contribution in [1.82, 2.24) is 9.80 Å². The highest BCUT2D eigenvalue weighted by Gasteiger charge is 2.34. The normalized spacial score (nSPS) is 16.6. The van der Waals surface area contributed by atoms with Crippen molar-refractivity contribution in [2.24, 2.45) is 0 Å². The van der Waals surface area contributed by atoms with Crippen LogP contribution in [0, 0.1) is 6.92 Å². The summed E-state index contributed by atoms with van der Waals surface area (Å²) in [6, 6.07) is 12.8. The summed E-state index contributed by atoms with van der Waals surface area (Å²) < 4.78 is 0. The number of hydrogen-bond acceptors (Lipinski definition) is 5. The Balaban J connectivity index is 1.28. The summed E-state index contributed by atoms with van der Waals surface area (Å²) in [7, 11) is 2.14. The molecule has 0 atom stereocenters. The fourth-order valence-corrected chi connectivity index (χ4v) is 4.20.